The quantitative estimate of drug-likeness (QED) is 0.726. The Bertz CT molecular complexity index is 460. The number of benzene rings is 1. The minimum atomic E-state index is 0.564. The second-order valence-corrected chi connectivity index (χ2v) is 3.76. The van der Waals surface area contributed by atoms with E-state index in [1.807, 2.05) is 24.3 Å². The summed E-state index contributed by atoms with van der Waals surface area (Å²) in [7, 11) is 0. The molecule has 0 unspecified atom stereocenters. The van der Waals surface area contributed by atoms with Gasteiger partial charge in [0.05, 0.1) is 0 Å². The number of pyridine rings is 1. The lowest BCUT2D eigenvalue weighted by Gasteiger charge is -1.96. The number of halogens is 1. The Labute approximate surface area is 100 Å². The van der Waals surface area contributed by atoms with E-state index < -0.39 is 0 Å². The van der Waals surface area contributed by atoms with Crippen LogP contribution in [0.25, 0.3) is 12.2 Å². The van der Waals surface area contributed by atoms with Crippen molar-refractivity contribution >= 4 is 23.8 Å². The van der Waals surface area contributed by atoms with Gasteiger partial charge < -0.3 is 0 Å². The fourth-order valence-electron chi connectivity index (χ4n) is 1.38. The van der Waals surface area contributed by atoms with Gasteiger partial charge in [-0.15, -0.1) is 11.6 Å². The number of hydrogen-bond donors (Lipinski definition) is 0. The SMILES string of the molecule is ClCc1ccc(/C=C/c2ccncc2)cc1. The molecule has 0 fully saturated rings. The van der Waals surface area contributed by atoms with Gasteiger partial charge in [0.2, 0.25) is 0 Å². The van der Waals surface area contributed by atoms with Crippen LogP contribution in [0.15, 0.2) is 48.8 Å². The zero-order valence-electron chi connectivity index (χ0n) is 8.81. The van der Waals surface area contributed by atoms with Crippen molar-refractivity contribution in [1.82, 2.24) is 4.98 Å². The fraction of sp³-hybridized carbons (Fsp3) is 0.0714. The van der Waals surface area contributed by atoms with E-state index in [0.29, 0.717) is 5.88 Å². The van der Waals surface area contributed by atoms with Gasteiger partial charge in [-0.05, 0) is 28.8 Å². The van der Waals surface area contributed by atoms with Gasteiger partial charge >= 0.3 is 0 Å². The van der Waals surface area contributed by atoms with E-state index in [4.69, 9.17) is 11.6 Å². The lowest BCUT2D eigenvalue weighted by Crippen LogP contribution is -1.78. The Morgan fingerprint density at radius 1 is 0.875 bits per heavy atom. The number of hydrogen-bond acceptors (Lipinski definition) is 1. The third-order valence-electron chi connectivity index (χ3n) is 2.31. The van der Waals surface area contributed by atoms with Crippen molar-refractivity contribution in [1.29, 1.82) is 0 Å². The second-order valence-electron chi connectivity index (χ2n) is 3.49. The standard InChI is InChI=1S/C14H12ClN/c15-11-14-5-3-12(4-6-14)1-2-13-7-9-16-10-8-13/h1-10H,11H2/b2-1+. The molecule has 0 saturated heterocycles. The number of nitrogens with zero attached hydrogens (tertiary/aromatic N) is 1. The predicted molar refractivity (Wildman–Crippen MR) is 69.2 cm³/mol. The van der Waals surface area contributed by atoms with Crippen LogP contribution in [-0.4, -0.2) is 4.98 Å². The summed E-state index contributed by atoms with van der Waals surface area (Å²) in [5, 5.41) is 0. The first-order valence-corrected chi connectivity index (χ1v) is 5.65. The van der Waals surface area contributed by atoms with Gasteiger partial charge in [-0.2, -0.15) is 0 Å². The first kappa shape index (κ1) is 10.9. The van der Waals surface area contributed by atoms with Crippen LogP contribution in [0.5, 0.6) is 0 Å². The lowest BCUT2D eigenvalue weighted by atomic mass is 10.1. The predicted octanol–water partition coefficient (Wildman–Crippen LogP) is 3.99. The Morgan fingerprint density at radius 3 is 2.00 bits per heavy atom. The molecule has 0 aliphatic rings. The van der Waals surface area contributed by atoms with E-state index in [1.54, 1.807) is 12.4 Å². The molecule has 1 aromatic carbocycles. The first-order chi connectivity index (χ1) is 7.88. The summed E-state index contributed by atoms with van der Waals surface area (Å²) >= 11 is 5.73. The average Bonchev–Trinajstić information content (AvgIpc) is 2.38. The van der Waals surface area contributed by atoms with Gasteiger partial charge in [0.1, 0.15) is 0 Å². The van der Waals surface area contributed by atoms with Crippen molar-refractivity contribution in [2.45, 2.75) is 5.88 Å². The van der Waals surface area contributed by atoms with Gasteiger partial charge in [0.15, 0.2) is 0 Å². The van der Waals surface area contributed by atoms with E-state index in [-0.39, 0.29) is 0 Å². The summed E-state index contributed by atoms with van der Waals surface area (Å²) in [5.74, 6) is 0.564. The molecule has 0 spiro atoms. The lowest BCUT2D eigenvalue weighted by molar-refractivity contribution is 1.32. The molecule has 2 aromatic rings. The van der Waals surface area contributed by atoms with Crippen molar-refractivity contribution in [2.75, 3.05) is 0 Å². The van der Waals surface area contributed by atoms with Gasteiger partial charge in [0.25, 0.3) is 0 Å². The highest BCUT2D eigenvalue weighted by Crippen LogP contribution is 2.10. The fourth-order valence-corrected chi connectivity index (χ4v) is 1.56. The Kier molecular flexibility index (Phi) is 3.73. The van der Waals surface area contributed by atoms with Crippen LogP contribution in [0, 0.1) is 0 Å². The zero-order valence-corrected chi connectivity index (χ0v) is 9.56. The normalized spacial score (nSPS) is 10.8. The van der Waals surface area contributed by atoms with Crippen LogP contribution in [0.3, 0.4) is 0 Å². The molecule has 0 radical (unpaired) electrons. The maximum absolute atomic E-state index is 5.73. The van der Waals surface area contributed by atoms with E-state index >= 15 is 0 Å². The van der Waals surface area contributed by atoms with Crippen LogP contribution < -0.4 is 0 Å². The number of rotatable bonds is 3. The van der Waals surface area contributed by atoms with E-state index in [9.17, 15) is 0 Å². The second kappa shape index (κ2) is 5.47. The highest BCUT2D eigenvalue weighted by molar-refractivity contribution is 6.17. The summed E-state index contributed by atoms with van der Waals surface area (Å²) in [4.78, 5) is 3.97. The number of alkyl halides is 1. The molecule has 1 nitrogen and oxygen atoms in total. The minimum absolute atomic E-state index is 0.564. The molecule has 0 bridgehead atoms. The molecule has 0 saturated carbocycles. The number of aromatic nitrogens is 1. The summed E-state index contributed by atoms with van der Waals surface area (Å²) in [6.07, 6.45) is 7.72. The van der Waals surface area contributed by atoms with Crippen molar-refractivity contribution in [3.05, 3.63) is 65.5 Å². The van der Waals surface area contributed by atoms with E-state index in [2.05, 4.69) is 29.3 Å². The summed E-state index contributed by atoms with van der Waals surface area (Å²) in [6.45, 7) is 0. The largest absolute Gasteiger partial charge is 0.265 e. The van der Waals surface area contributed by atoms with Crippen LogP contribution in [0.1, 0.15) is 16.7 Å². The topological polar surface area (TPSA) is 12.9 Å². The van der Waals surface area contributed by atoms with Crippen LogP contribution >= 0.6 is 11.6 Å². The van der Waals surface area contributed by atoms with Crippen LogP contribution in [-0.2, 0) is 5.88 Å². The molecule has 16 heavy (non-hydrogen) atoms. The van der Waals surface area contributed by atoms with Gasteiger partial charge in [-0.25, -0.2) is 0 Å². The molecule has 0 aliphatic heterocycles. The van der Waals surface area contributed by atoms with Crippen molar-refractivity contribution in [2.24, 2.45) is 0 Å². The molecule has 80 valence electrons. The highest BCUT2D eigenvalue weighted by atomic mass is 35.5. The first-order valence-electron chi connectivity index (χ1n) is 5.11. The minimum Gasteiger partial charge on any atom is -0.265 e. The van der Waals surface area contributed by atoms with E-state index in [1.165, 1.54) is 5.56 Å². The van der Waals surface area contributed by atoms with Gasteiger partial charge in [-0.1, -0.05) is 36.4 Å². The zero-order chi connectivity index (χ0) is 11.2. The molecule has 0 amide bonds. The summed E-state index contributed by atoms with van der Waals surface area (Å²) in [6, 6.07) is 12.2. The molecular formula is C14H12ClN. The molecule has 0 aliphatic carbocycles. The molecule has 1 aromatic heterocycles. The van der Waals surface area contributed by atoms with E-state index in [0.717, 1.165) is 11.1 Å². The maximum atomic E-state index is 5.73. The summed E-state index contributed by atoms with van der Waals surface area (Å²) in [5.41, 5.74) is 3.46. The third-order valence-corrected chi connectivity index (χ3v) is 2.62. The van der Waals surface area contributed by atoms with Crippen LogP contribution in [0.2, 0.25) is 0 Å². The Morgan fingerprint density at radius 2 is 1.44 bits per heavy atom. The molecule has 2 heteroatoms. The maximum Gasteiger partial charge on any atom is 0.0474 e. The van der Waals surface area contributed by atoms with Crippen molar-refractivity contribution < 1.29 is 0 Å². The highest BCUT2D eigenvalue weighted by Gasteiger charge is 1.90. The molecular weight excluding hydrogens is 218 g/mol. The van der Waals surface area contributed by atoms with Gasteiger partial charge in [-0.3, -0.25) is 4.98 Å². The van der Waals surface area contributed by atoms with Crippen molar-refractivity contribution in [3.8, 4) is 0 Å². The van der Waals surface area contributed by atoms with Gasteiger partial charge in [0, 0.05) is 18.3 Å². The van der Waals surface area contributed by atoms with Crippen LogP contribution in [0.4, 0.5) is 0 Å². The smallest absolute Gasteiger partial charge is 0.0474 e. The third kappa shape index (κ3) is 2.94. The molecule has 0 N–H and O–H groups in total. The molecule has 2 rings (SSSR count). The van der Waals surface area contributed by atoms with Crippen molar-refractivity contribution in [3.63, 3.8) is 0 Å². The Balaban J connectivity index is 2.12. The Hall–Kier alpha value is -1.60. The summed E-state index contributed by atoms with van der Waals surface area (Å²) < 4.78 is 0. The molecule has 0 atom stereocenters. The monoisotopic (exact) mass is 229 g/mol. The molecule has 1 heterocycles. The average molecular weight is 230 g/mol.